The van der Waals surface area contributed by atoms with Crippen LogP contribution < -0.4 is 5.43 Å². The second-order valence-electron chi connectivity index (χ2n) is 4.75. The van der Waals surface area contributed by atoms with Crippen molar-refractivity contribution in [3.8, 4) is 0 Å². The van der Waals surface area contributed by atoms with Crippen LogP contribution in [0.25, 0.3) is 5.57 Å². The summed E-state index contributed by atoms with van der Waals surface area (Å²) in [6.07, 6.45) is 7.60. The van der Waals surface area contributed by atoms with Gasteiger partial charge in [-0.1, -0.05) is 30.3 Å². The summed E-state index contributed by atoms with van der Waals surface area (Å²) >= 11 is 0. The molecule has 0 saturated heterocycles. The lowest BCUT2D eigenvalue weighted by atomic mass is 9.93. The van der Waals surface area contributed by atoms with Gasteiger partial charge in [-0.05, 0) is 49.4 Å². The second kappa shape index (κ2) is 5.99. The SMILES string of the molecule is CNN(C)Cc1ccc(C2=CCCCC2)cc1. The maximum atomic E-state index is 3.11. The first-order valence-corrected chi connectivity index (χ1v) is 6.46. The van der Waals surface area contributed by atoms with Crippen molar-refractivity contribution in [2.24, 2.45) is 0 Å². The van der Waals surface area contributed by atoms with Gasteiger partial charge in [0.1, 0.15) is 0 Å². The summed E-state index contributed by atoms with van der Waals surface area (Å²) in [6, 6.07) is 8.99. The Morgan fingerprint density at radius 2 is 1.94 bits per heavy atom. The molecule has 0 aromatic heterocycles. The van der Waals surface area contributed by atoms with Gasteiger partial charge in [-0.3, -0.25) is 5.43 Å². The first-order valence-electron chi connectivity index (χ1n) is 6.46. The number of allylic oxidation sites excluding steroid dienone is 2. The fourth-order valence-electron chi connectivity index (χ4n) is 2.28. The molecule has 0 unspecified atom stereocenters. The fourth-order valence-corrected chi connectivity index (χ4v) is 2.28. The molecule has 1 N–H and O–H groups in total. The molecule has 17 heavy (non-hydrogen) atoms. The largest absolute Gasteiger partial charge is 0.258 e. The molecule has 0 bridgehead atoms. The van der Waals surface area contributed by atoms with Gasteiger partial charge in [0.05, 0.1) is 0 Å². The fraction of sp³-hybridized carbons (Fsp3) is 0.467. The van der Waals surface area contributed by atoms with Gasteiger partial charge >= 0.3 is 0 Å². The molecule has 0 fully saturated rings. The highest BCUT2D eigenvalue weighted by Crippen LogP contribution is 2.26. The van der Waals surface area contributed by atoms with Gasteiger partial charge in [-0.15, -0.1) is 0 Å². The Labute approximate surface area is 104 Å². The standard InChI is InChI=1S/C15H22N2/c1-16-17(2)12-13-8-10-15(11-9-13)14-6-4-3-5-7-14/h6,8-11,16H,3-5,7,12H2,1-2H3. The molecule has 0 saturated carbocycles. The summed E-state index contributed by atoms with van der Waals surface area (Å²) in [5, 5.41) is 2.08. The number of nitrogens with one attached hydrogen (secondary N) is 1. The Morgan fingerprint density at radius 3 is 2.53 bits per heavy atom. The Morgan fingerprint density at radius 1 is 1.18 bits per heavy atom. The minimum absolute atomic E-state index is 0.940. The van der Waals surface area contributed by atoms with Crippen molar-refractivity contribution in [1.82, 2.24) is 10.4 Å². The molecule has 0 atom stereocenters. The van der Waals surface area contributed by atoms with Crippen molar-refractivity contribution in [2.75, 3.05) is 14.1 Å². The van der Waals surface area contributed by atoms with Gasteiger partial charge in [-0.25, -0.2) is 5.01 Å². The Balaban J connectivity index is 2.04. The Hall–Kier alpha value is -1.12. The summed E-state index contributed by atoms with van der Waals surface area (Å²) in [5.41, 5.74) is 7.40. The summed E-state index contributed by atoms with van der Waals surface area (Å²) in [6.45, 7) is 0.940. The van der Waals surface area contributed by atoms with Crippen LogP contribution in [0.1, 0.15) is 36.8 Å². The number of hydrazine groups is 1. The van der Waals surface area contributed by atoms with Crippen LogP contribution in [-0.2, 0) is 6.54 Å². The van der Waals surface area contributed by atoms with Gasteiger partial charge in [-0.2, -0.15) is 0 Å². The molecular formula is C15H22N2. The molecule has 2 nitrogen and oxygen atoms in total. The van der Waals surface area contributed by atoms with Crippen LogP contribution in [-0.4, -0.2) is 19.1 Å². The van der Waals surface area contributed by atoms with Crippen LogP contribution in [0.2, 0.25) is 0 Å². The second-order valence-corrected chi connectivity index (χ2v) is 4.75. The van der Waals surface area contributed by atoms with E-state index in [2.05, 4.69) is 47.8 Å². The zero-order valence-corrected chi connectivity index (χ0v) is 10.9. The average Bonchev–Trinajstić information content (AvgIpc) is 2.40. The Bertz CT molecular complexity index is 378. The van der Waals surface area contributed by atoms with Crippen LogP contribution >= 0.6 is 0 Å². The van der Waals surface area contributed by atoms with E-state index in [1.165, 1.54) is 42.4 Å². The summed E-state index contributed by atoms with van der Waals surface area (Å²) in [4.78, 5) is 0. The molecule has 0 radical (unpaired) electrons. The van der Waals surface area contributed by atoms with Crippen molar-refractivity contribution in [3.05, 3.63) is 41.5 Å². The van der Waals surface area contributed by atoms with E-state index in [1.807, 2.05) is 7.05 Å². The molecule has 1 aromatic rings. The third-order valence-corrected chi connectivity index (χ3v) is 3.42. The lowest BCUT2D eigenvalue weighted by Crippen LogP contribution is -2.29. The zero-order valence-electron chi connectivity index (χ0n) is 10.9. The first-order chi connectivity index (χ1) is 8.29. The smallest absolute Gasteiger partial charge is 0.0378 e. The third-order valence-electron chi connectivity index (χ3n) is 3.42. The highest BCUT2D eigenvalue weighted by atomic mass is 15.5. The molecule has 0 aliphatic heterocycles. The predicted octanol–water partition coefficient (Wildman–Crippen LogP) is 3.21. The van der Waals surface area contributed by atoms with Crippen molar-refractivity contribution >= 4 is 5.57 Å². The van der Waals surface area contributed by atoms with E-state index in [0.717, 1.165) is 6.54 Å². The van der Waals surface area contributed by atoms with E-state index in [4.69, 9.17) is 0 Å². The summed E-state index contributed by atoms with van der Waals surface area (Å²) < 4.78 is 0. The number of hydrogen-bond acceptors (Lipinski definition) is 2. The van der Waals surface area contributed by atoms with Crippen LogP contribution in [0.3, 0.4) is 0 Å². The van der Waals surface area contributed by atoms with Crippen LogP contribution in [0, 0.1) is 0 Å². The maximum absolute atomic E-state index is 3.11. The van der Waals surface area contributed by atoms with Gasteiger partial charge < -0.3 is 0 Å². The maximum Gasteiger partial charge on any atom is 0.0378 e. The summed E-state index contributed by atoms with van der Waals surface area (Å²) in [5.74, 6) is 0. The zero-order chi connectivity index (χ0) is 12.1. The minimum Gasteiger partial charge on any atom is -0.258 e. The van der Waals surface area contributed by atoms with E-state index < -0.39 is 0 Å². The molecule has 2 rings (SSSR count). The van der Waals surface area contributed by atoms with Gasteiger partial charge in [0.2, 0.25) is 0 Å². The minimum atomic E-state index is 0.940. The molecular weight excluding hydrogens is 208 g/mol. The van der Waals surface area contributed by atoms with Gasteiger partial charge in [0.15, 0.2) is 0 Å². The molecule has 0 spiro atoms. The predicted molar refractivity (Wildman–Crippen MR) is 73.4 cm³/mol. The summed E-state index contributed by atoms with van der Waals surface area (Å²) in [7, 11) is 4.00. The average molecular weight is 230 g/mol. The van der Waals surface area contributed by atoms with Gasteiger partial charge in [0, 0.05) is 13.6 Å². The third kappa shape index (κ3) is 3.42. The van der Waals surface area contributed by atoms with E-state index in [-0.39, 0.29) is 0 Å². The molecule has 92 valence electrons. The monoisotopic (exact) mass is 230 g/mol. The van der Waals surface area contributed by atoms with Crippen molar-refractivity contribution in [3.63, 3.8) is 0 Å². The molecule has 0 heterocycles. The number of hydrogen-bond donors (Lipinski definition) is 1. The number of rotatable bonds is 4. The van der Waals surface area contributed by atoms with Crippen molar-refractivity contribution < 1.29 is 0 Å². The molecule has 1 aliphatic rings. The number of benzene rings is 1. The molecule has 2 heteroatoms. The van der Waals surface area contributed by atoms with Crippen LogP contribution in [0.15, 0.2) is 30.3 Å². The Kier molecular flexibility index (Phi) is 4.35. The van der Waals surface area contributed by atoms with E-state index in [9.17, 15) is 0 Å². The van der Waals surface area contributed by atoms with Gasteiger partial charge in [0.25, 0.3) is 0 Å². The topological polar surface area (TPSA) is 15.3 Å². The van der Waals surface area contributed by atoms with Crippen molar-refractivity contribution in [2.45, 2.75) is 32.2 Å². The van der Waals surface area contributed by atoms with E-state index in [1.54, 1.807) is 0 Å². The normalized spacial score (nSPS) is 16.1. The lowest BCUT2D eigenvalue weighted by Gasteiger charge is -2.16. The molecule has 1 aromatic carbocycles. The lowest BCUT2D eigenvalue weighted by molar-refractivity contribution is 0.251. The first kappa shape index (κ1) is 12.3. The van der Waals surface area contributed by atoms with E-state index >= 15 is 0 Å². The highest BCUT2D eigenvalue weighted by Gasteiger charge is 2.06. The highest BCUT2D eigenvalue weighted by molar-refractivity contribution is 5.66. The van der Waals surface area contributed by atoms with Crippen molar-refractivity contribution in [1.29, 1.82) is 0 Å². The number of nitrogens with zero attached hydrogens (tertiary/aromatic N) is 1. The van der Waals surface area contributed by atoms with E-state index in [0.29, 0.717) is 0 Å². The van der Waals surface area contributed by atoms with Crippen LogP contribution in [0.5, 0.6) is 0 Å². The molecule has 1 aliphatic carbocycles. The molecule has 0 amide bonds. The quantitative estimate of drug-likeness (QED) is 0.799. The van der Waals surface area contributed by atoms with Crippen LogP contribution in [0.4, 0.5) is 0 Å².